The Hall–Kier alpha value is -2.49. The van der Waals surface area contributed by atoms with E-state index in [1.807, 2.05) is 38.1 Å². The van der Waals surface area contributed by atoms with Crippen molar-refractivity contribution in [3.05, 3.63) is 47.7 Å². The summed E-state index contributed by atoms with van der Waals surface area (Å²) >= 11 is 0. The van der Waals surface area contributed by atoms with Gasteiger partial charge in [-0.3, -0.25) is 5.10 Å². The molecular formula is C21H24N2O6. The van der Waals surface area contributed by atoms with Gasteiger partial charge >= 0.3 is 0 Å². The van der Waals surface area contributed by atoms with Crippen molar-refractivity contribution in [2.75, 3.05) is 6.61 Å². The number of fused-ring (bicyclic) bond motifs is 1. The van der Waals surface area contributed by atoms with E-state index in [4.69, 9.17) is 9.47 Å². The van der Waals surface area contributed by atoms with Crippen LogP contribution in [0.25, 0.3) is 22.0 Å². The predicted octanol–water partition coefficient (Wildman–Crippen LogP) is 1.03. The van der Waals surface area contributed by atoms with Gasteiger partial charge in [-0.05, 0) is 54.8 Å². The van der Waals surface area contributed by atoms with Crippen LogP contribution >= 0.6 is 0 Å². The highest BCUT2D eigenvalue weighted by Gasteiger charge is 2.44. The van der Waals surface area contributed by atoms with Gasteiger partial charge in [0.1, 0.15) is 30.2 Å². The first-order valence-electron chi connectivity index (χ1n) is 9.42. The highest BCUT2D eigenvalue weighted by atomic mass is 16.7. The summed E-state index contributed by atoms with van der Waals surface area (Å²) in [5.74, 6) is 0.471. The highest BCUT2D eigenvalue weighted by molar-refractivity contribution is 5.86. The highest BCUT2D eigenvalue weighted by Crippen LogP contribution is 2.31. The van der Waals surface area contributed by atoms with Crippen molar-refractivity contribution in [1.29, 1.82) is 0 Å². The first kappa shape index (κ1) is 19.8. The molecule has 0 radical (unpaired) electrons. The maximum Gasteiger partial charge on any atom is 0.229 e. The molecule has 0 aliphatic carbocycles. The standard InChI is InChI=1S/C21H24N2O6/c1-10-7-12(13-3-5-15-14(8-13)11(2)22-23-15)4-6-16(10)28-21-20(27)19(26)18(25)17(9-24)29-21/h3-8,17-21,24-27H,9H2,1-2H3,(H,22,23). The van der Waals surface area contributed by atoms with Crippen LogP contribution in [-0.2, 0) is 4.74 Å². The van der Waals surface area contributed by atoms with Gasteiger partial charge in [0.15, 0.2) is 0 Å². The van der Waals surface area contributed by atoms with E-state index < -0.39 is 37.3 Å². The molecule has 8 nitrogen and oxygen atoms in total. The predicted molar refractivity (Wildman–Crippen MR) is 105 cm³/mol. The third kappa shape index (κ3) is 3.61. The van der Waals surface area contributed by atoms with E-state index in [2.05, 4.69) is 16.3 Å². The van der Waals surface area contributed by atoms with Crippen LogP contribution in [0, 0.1) is 13.8 Å². The molecule has 4 rings (SSSR count). The number of aromatic amines is 1. The van der Waals surface area contributed by atoms with Crippen molar-refractivity contribution >= 4 is 10.9 Å². The molecule has 0 spiro atoms. The molecule has 3 aromatic rings. The van der Waals surface area contributed by atoms with Gasteiger partial charge in [-0.2, -0.15) is 5.10 Å². The number of benzene rings is 2. The second-order valence-electron chi connectivity index (χ2n) is 7.36. The molecule has 1 aliphatic rings. The average Bonchev–Trinajstić information content (AvgIpc) is 3.10. The number of nitrogens with zero attached hydrogens (tertiary/aromatic N) is 1. The molecule has 1 aliphatic heterocycles. The average molecular weight is 400 g/mol. The fraction of sp³-hybridized carbons (Fsp3) is 0.381. The fourth-order valence-electron chi connectivity index (χ4n) is 3.58. The zero-order valence-corrected chi connectivity index (χ0v) is 16.1. The zero-order valence-electron chi connectivity index (χ0n) is 16.1. The molecule has 5 unspecified atom stereocenters. The minimum absolute atomic E-state index is 0.471. The molecule has 0 amide bonds. The van der Waals surface area contributed by atoms with Crippen LogP contribution in [0.3, 0.4) is 0 Å². The summed E-state index contributed by atoms with van der Waals surface area (Å²) in [5, 5.41) is 47.5. The van der Waals surface area contributed by atoms with E-state index >= 15 is 0 Å². The van der Waals surface area contributed by atoms with E-state index in [9.17, 15) is 20.4 Å². The van der Waals surface area contributed by atoms with Crippen LogP contribution in [0.4, 0.5) is 0 Å². The smallest absolute Gasteiger partial charge is 0.229 e. The maximum absolute atomic E-state index is 10.2. The first-order valence-corrected chi connectivity index (χ1v) is 9.42. The zero-order chi connectivity index (χ0) is 20.7. The number of aliphatic hydroxyl groups is 4. The SMILES string of the molecule is Cc1cc(-c2ccc3[nH]nc(C)c3c2)ccc1OC1OC(CO)C(O)C(O)C1O. The summed E-state index contributed by atoms with van der Waals surface area (Å²) < 4.78 is 11.2. The molecule has 2 aromatic carbocycles. The second kappa shape index (κ2) is 7.74. The Morgan fingerprint density at radius 3 is 2.45 bits per heavy atom. The van der Waals surface area contributed by atoms with Gasteiger partial charge in [0.05, 0.1) is 17.8 Å². The van der Waals surface area contributed by atoms with Crippen LogP contribution < -0.4 is 4.74 Å². The lowest BCUT2D eigenvalue weighted by atomic mass is 9.99. The molecule has 0 bridgehead atoms. The number of aromatic nitrogens is 2. The van der Waals surface area contributed by atoms with Crippen LogP contribution in [-0.4, -0.2) is 67.9 Å². The monoisotopic (exact) mass is 400 g/mol. The summed E-state index contributed by atoms with van der Waals surface area (Å²) in [6.07, 6.45) is -6.56. The molecule has 5 N–H and O–H groups in total. The van der Waals surface area contributed by atoms with Crippen LogP contribution in [0.15, 0.2) is 36.4 Å². The van der Waals surface area contributed by atoms with Crippen molar-refractivity contribution in [2.45, 2.75) is 44.6 Å². The van der Waals surface area contributed by atoms with Gasteiger partial charge in [0.2, 0.25) is 6.29 Å². The van der Waals surface area contributed by atoms with Gasteiger partial charge in [-0.15, -0.1) is 0 Å². The van der Waals surface area contributed by atoms with Crippen LogP contribution in [0.5, 0.6) is 5.75 Å². The lowest BCUT2D eigenvalue weighted by Crippen LogP contribution is -2.60. The molecule has 0 saturated carbocycles. The second-order valence-corrected chi connectivity index (χ2v) is 7.36. The number of aliphatic hydroxyl groups excluding tert-OH is 4. The summed E-state index contributed by atoms with van der Waals surface area (Å²) in [6, 6.07) is 11.7. The lowest BCUT2D eigenvalue weighted by molar-refractivity contribution is -0.277. The minimum atomic E-state index is -1.48. The number of rotatable bonds is 4. The van der Waals surface area contributed by atoms with Crippen molar-refractivity contribution in [3.8, 4) is 16.9 Å². The topological polar surface area (TPSA) is 128 Å². The van der Waals surface area contributed by atoms with E-state index in [-0.39, 0.29) is 0 Å². The normalized spacial score (nSPS) is 27.3. The molecular weight excluding hydrogens is 376 g/mol. The fourth-order valence-corrected chi connectivity index (χ4v) is 3.58. The molecule has 1 saturated heterocycles. The molecule has 5 atom stereocenters. The quantitative estimate of drug-likeness (QED) is 0.442. The summed E-state index contributed by atoms with van der Waals surface area (Å²) in [6.45, 7) is 3.31. The number of hydrogen-bond donors (Lipinski definition) is 5. The first-order chi connectivity index (χ1) is 13.9. The number of H-pyrrole nitrogens is 1. The Morgan fingerprint density at radius 1 is 1.00 bits per heavy atom. The van der Waals surface area contributed by atoms with Gasteiger partial charge in [-0.25, -0.2) is 0 Å². The Balaban J connectivity index is 1.57. The Morgan fingerprint density at radius 2 is 1.72 bits per heavy atom. The van der Waals surface area contributed by atoms with Crippen molar-refractivity contribution in [3.63, 3.8) is 0 Å². The summed E-state index contributed by atoms with van der Waals surface area (Å²) in [7, 11) is 0. The summed E-state index contributed by atoms with van der Waals surface area (Å²) in [5.41, 5.74) is 4.74. The Bertz CT molecular complexity index is 1020. The van der Waals surface area contributed by atoms with Gasteiger partial charge < -0.3 is 29.9 Å². The van der Waals surface area contributed by atoms with Gasteiger partial charge in [-0.1, -0.05) is 12.1 Å². The lowest BCUT2D eigenvalue weighted by Gasteiger charge is -2.39. The molecule has 154 valence electrons. The number of hydrogen-bond acceptors (Lipinski definition) is 7. The van der Waals surface area contributed by atoms with Crippen LogP contribution in [0.2, 0.25) is 0 Å². The molecule has 1 fully saturated rings. The Labute approximate surface area is 167 Å². The van der Waals surface area contributed by atoms with E-state index in [0.29, 0.717) is 5.75 Å². The third-order valence-electron chi connectivity index (χ3n) is 5.35. The van der Waals surface area contributed by atoms with E-state index in [1.54, 1.807) is 6.07 Å². The molecule has 2 heterocycles. The maximum atomic E-state index is 10.2. The molecule has 29 heavy (non-hydrogen) atoms. The van der Waals surface area contributed by atoms with Gasteiger partial charge in [0.25, 0.3) is 0 Å². The van der Waals surface area contributed by atoms with Gasteiger partial charge in [0, 0.05) is 5.39 Å². The number of aryl methyl sites for hydroxylation is 2. The van der Waals surface area contributed by atoms with Crippen molar-refractivity contribution < 1.29 is 29.9 Å². The van der Waals surface area contributed by atoms with Crippen molar-refractivity contribution in [1.82, 2.24) is 10.2 Å². The number of nitrogens with one attached hydrogen (secondary N) is 1. The van der Waals surface area contributed by atoms with E-state index in [0.717, 1.165) is 33.3 Å². The Kier molecular flexibility index (Phi) is 5.28. The van der Waals surface area contributed by atoms with E-state index in [1.165, 1.54) is 0 Å². The molecule has 8 heteroatoms. The third-order valence-corrected chi connectivity index (χ3v) is 5.35. The number of ether oxygens (including phenoxy) is 2. The van der Waals surface area contributed by atoms with Crippen molar-refractivity contribution in [2.24, 2.45) is 0 Å². The molecule has 1 aromatic heterocycles. The minimum Gasteiger partial charge on any atom is -0.462 e. The largest absolute Gasteiger partial charge is 0.462 e. The van der Waals surface area contributed by atoms with Crippen LogP contribution in [0.1, 0.15) is 11.3 Å². The summed E-state index contributed by atoms with van der Waals surface area (Å²) in [4.78, 5) is 0.